The molecule has 140 valence electrons. The van der Waals surface area contributed by atoms with E-state index in [0.29, 0.717) is 17.2 Å². The topological polar surface area (TPSA) is 53.5 Å². The molecule has 2 amide bonds. The van der Waals surface area contributed by atoms with Gasteiger partial charge in [-0.15, -0.1) is 0 Å². The largest absolute Gasteiger partial charge is 0.342 e. The number of carbonyl (C=O) groups is 2. The van der Waals surface area contributed by atoms with Gasteiger partial charge in [-0.1, -0.05) is 24.6 Å². The van der Waals surface area contributed by atoms with Crippen molar-refractivity contribution in [1.29, 1.82) is 0 Å². The van der Waals surface area contributed by atoms with Crippen molar-refractivity contribution in [1.82, 2.24) is 9.88 Å². The summed E-state index contributed by atoms with van der Waals surface area (Å²) in [5, 5.41) is 0. The zero-order chi connectivity index (χ0) is 19.0. The second-order valence-electron chi connectivity index (χ2n) is 7.75. The number of likely N-dealkylation sites (tertiary alicyclic amines) is 1. The fraction of sp³-hybridized carbons (Fsp3) is 0.409. The summed E-state index contributed by atoms with van der Waals surface area (Å²) in [6.45, 7) is 5.82. The minimum absolute atomic E-state index is 0.0771. The Morgan fingerprint density at radius 3 is 2.74 bits per heavy atom. The number of nitrogens with zero attached hydrogens (tertiary/aromatic N) is 3. The van der Waals surface area contributed by atoms with E-state index < -0.39 is 0 Å². The predicted molar refractivity (Wildman–Crippen MR) is 105 cm³/mol. The Balaban J connectivity index is 1.65. The van der Waals surface area contributed by atoms with Crippen molar-refractivity contribution in [3.63, 3.8) is 0 Å². The molecule has 1 aromatic carbocycles. The highest BCUT2D eigenvalue weighted by Gasteiger charge is 2.40. The molecule has 27 heavy (non-hydrogen) atoms. The van der Waals surface area contributed by atoms with Gasteiger partial charge in [-0.3, -0.25) is 19.5 Å². The van der Waals surface area contributed by atoms with Crippen molar-refractivity contribution >= 4 is 17.5 Å². The number of pyridine rings is 1. The van der Waals surface area contributed by atoms with Crippen LogP contribution in [0.2, 0.25) is 0 Å². The Labute approximate surface area is 160 Å². The third-order valence-corrected chi connectivity index (χ3v) is 5.60. The molecule has 0 saturated carbocycles. The Morgan fingerprint density at radius 1 is 1.22 bits per heavy atom. The molecular weight excluding hydrogens is 338 g/mol. The zero-order valence-electron chi connectivity index (χ0n) is 15.9. The second-order valence-corrected chi connectivity index (χ2v) is 7.75. The van der Waals surface area contributed by atoms with Crippen molar-refractivity contribution in [2.45, 2.75) is 39.2 Å². The molecule has 0 radical (unpaired) electrons. The molecule has 1 aromatic heterocycles. The monoisotopic (exact) mass is 363 g/mol. The van der Waals surface area contributed by atoms with Crippen LogP contribution in [0.15, 0.2) is 42.6 Å². The summed E-state index contributed by atoms with van der Waals surface area (Å²) >= 11 is 0. The number of fused-ring (bicyclic) bond motifs is 1. The standard InChI is InChI=1S/C22H25N3O2/c1-15-7-9-17(10-8-15)25-19(21-18(22(25)27)6-3-11-23-21)13-20(26)24-12-4-5-16(2)14-24/h3,6-11,16,19H,4-5,12-14H2,1-2H3/t16-,19-/m1/s1. The van der Waals surface area contributed by atoms with E-state index in [2.05, 4.69) is 11.9 Å². The molecule has 0 aliphatic carbocycles. The number of hydrogen-bond donors (Lipinski definition) is 0. The molecule has 3 heterocycles. The molecule has 5 heteroatoms. The highest BCUT2D eigenvalue weighted by molar-refractivity contribution is 6.11. The minimum atomic E-state index is -0.346. The van der Waals surface area contributed by atoms with Crippen LogP contribution in [-0.4, -0.2) is 34.8 Å². The van der Waals surface area contributed by atoms with Gasteiger partial charge in [0.15, 0.2) is 0 Å². The molecule has 2 aromatic rings. The smallest absolute Gasteiger partial charge is 0.260 e. The Kier molecular flexibility index (Phi) is 4.68. The predicted octanol–water partition coefficient (Wildman–Crippen LogP) is 3.74. The first-order valence-electron chi connectivity index (χ1n) is 9.67. The molecule has 0 N–H and O–H groups in total. The molecule has 2 atom stereocenters. The van der Waals surface area contributed by atoms with Crippen molar-refractivity contribution in [3.05, 3.63) is 59.4 Å². The van der Waals surface area contributed by atoms with Gasteiger partial charge in [0.05, 0.1) is 23.7 Å². The van der Waals surface area contributed by atoms with Gasteiger partial charge in [0.2, 0.25) is 5.91 Å². The van der Waals surface area contributed by atoms with Gasteiger partial charge in [-0.25, -0.2) is 0 Å². The summed E-state index contributed by atoms with van der Waals surface area (Å²) in [5.74, 6) is 0.563. The Hall–Kier alpha value is -2.69. The number of hydrogen-bond acceptors (Lipinski definition) is 3. The van der Waals surface area contributed by atoms with Crippen LogP contribution in [0.3, 0.4) is 0 Å². The lowest BCUT2D eigenvalue weighted by Gasteiger charge is -2.33. The van der Waals surface area contributed by atoms with Crippen LogP contribution in [0.5, 0.6) is 0 Å². The number of aryl methyl sites for hydroxylation is 1. The first-order chi connectivity index (χ1) is 13.0. The van der Waals surface area contributed by atoms with Gasteiger partial charge >= 0.3 is 0 Å². The fourth-order valence-electron chi connectivity index (χ4n) is 4.16. The van der Waals surface area contributed by atoms with Gasteiger partial charge in [-0.05, 0) is 49.9 Å². The summed E-state index contributed by atoms with van der Waals surface area (Å²) in [6.07, 6.45) is 4.19. The average Bonchev–Trinajstić information content (AvgIpc) is 2.95. The molecule has 0 bridgehead atoms. The SMILES string of the molecule is Cc1ccc(N2C(=O)c3cccnc3[C@H]2CC(=O)N2CCC[C@@H](C)C2)cc1. The summed E-state index contributed by atoms with van der Waals surface area (Å²) in [7, 11) is 0. The van der Waals surface area contributed by atoms with Crippen LogP contribution in [0, 0.1) is 12.8 Å². The molecular formula is C22H25N3O2. The zero-order valence-corrected chi connectivity index (χ0v) is 15.9. The van der Waals surface area contributed by atoms with Crippen LogP contribution in [0.25, 0.3) is 0 Å². The number of anilines is 1. The van der Waals surface area contributed by atoms with E-state index in [-0.39, 0.29) is 24.3 Å². The number of rotatable bonds is 3. The van der Waals surface area contributed by atoms with Crippen molar-refractivity contribution < 1.29 is 9.59 Å². The lowest BCUT2D eigenvalue weighted by atomic mass is 9.99. The van der Waals surface area contributed by atoms with Gasteiger partial charge in [-0.2, -0.15) is 0 Å². The Bertz CT molecular complexity index is 862. The Morgan fingerprint density at radius 2 is 2.00 bits per heavy atom. The van der Waals surface area contributed by atoms with E-state index in [1.807, 2.05) is 36.1 Å². The number of benzene rings is 1. The van der Waals surface area contributed by atoms with Crippen LogP contribution >= 0.6 is 0 Å². The van der Waals surface area contributed by atoms with Gasteiger partial charge in [0.25, 0.3) is 5.91 Å². The summed E-state index contributed by atoms with van der Waals surface area (Å²) in [5.41, 5.74) is 3.26. The van der Waals surface area contributed by atoms with E-state index in [4.69, 9.17) is 0 Å². The van der Waals surface area contributed by atoms with Gasteiger partial charge < -0.3 is 4.90 Å². The van der Waals surface area contributed by atoms with Gasteiger partial charge in [0.1, 0.15) is 0 Å². The number of carbonyl (C=O) groups excluding carboxylic acids is 2. The number of aromatic nitrogens is 1. The lowest BCUT2D eigenvalue weighted by molar-refractivity contribution is -0.133. The third-order valence-electron chi connectivity index (χ3n) is 5.60. The second kappa shape index (κ2) is 7.14. The summed E-state index contributed by atoms with van der Waals surface area (Å²) in [6, 6.07) is 11.1. The lowest BCUT2D eigenvalue weighted by Crippen LogP contribution is -2.41. The van der Waals surface area contributed by atoms with Crippen molar-refractivity contribution in [3.8, 4) is 0 Å². The third kappa shape index (κ3) is 3.34. The van der Waals surface area contributed by atoms with Crippen LogP contribution in [0.1, 0.15) is 53.8 Å². The van der Waals surface area contributed by atoms with E-state index in [0.717, 1.165) is 30.8 Å². The summed E-state index contributed by atoms with van der Waals surface area (Å²) < 4.78 is 0. The van der Waals surface area contributed by atoms with Crippen LogP contribution in [-0.2, 0) is 4.79 Å². The molecule has 1 saturated heterocycles. The van der Waals surface area contributed by atoms with E-state index >= 15 is 0 Å². The van der Waals surface area contributed by atoms with E-state index in [9.17, 15) is 9.59 Å². The molecule has 2 aliphatic heterocycles. The van der Waals surface area contributed by atoms with Crippen LogP contribution in [0.4, 0.5) is 5.69 Å². The van der Waals surface area contributed by atoms with E-state index in [1.165, 1.54) is 6.42 Å². The first kappa shape index (κ1) is 17.7. The fourth-order valence-corrected chi connectivity index (χ4v) is 4.16. The quantitative estimate of drug-likeness (QED) is 0.835. The highest BCUT2D eigenvalue weighted by atomic mass is 16.2. The van der Waals surface area contributed by atoms with Crippen molar-refractivity contribution in [2.75, 3.05) is 18.0 Å². The molecule has 0 spiro atoms. The maximum Gasteiger partial charge on any atom is 0.260 e. The molecule has 0 unspecified atom stereocenters. The van der Waals surface area contributed by atoms with E-state index in [1.54, 1.807) is 23.2 Å². The minimum Gasteiger partial charge on any atom is -0.342 e. The maximum atomic E-state index is 13.1. The molecule has 4 rings (SSSR count). The average molecular weight is 363 g/mol. The molecule has 1 fully saturated rings. The van der Waals surface area contributed by atoms with Crippen LogP contribution < -0.4 is 4.90 Å². The van der Waals surface area contributed by atoms with Gasteiger partial charge in [0, 0.05) is 25.0 Å². The highest BCUT2D eigenvalue weighted by Crippen LogP contribution is 2.38. The summed E-state index contributed by atoms with van der Waals surface area (Å²) in [4.78, 5) is 34.2. The molecule has 5 nitrogen and oxygen atoms in total. The first-order valence-corrected chi connectivity index (χ1v) is 9.67. The van der Waals surface area contributed by atoms with Crippen molar-refractivity contribution in [2.24, 2.45) is 5.92 Å². The number of piperidine rings is 1. The number of amides is 2. The maximum absolute atomic E-state index is 13.1. The normalized spacial score (nSPS) is 22.1. The molecule has 2 aliphatic rings.